The Morgan fingerprint density at radius 2 is 2.00 bits per heavy atom. The average molecular weight is 415 g/mol. The molecule has 2 aromatic heterocycles. The number of amides is 1. The first-order chi connectivity index (χ1) is 13.6. The van der Waals surface area contributed by atoms with Gasteiger partial charge in [0.1, 0.15) is 12.3 Å². The van der Waals surface area contributed by atoms with Crippen molar-refractivity contribution in [1.29, 1.82) is 5.41 Å². The molecule has 10 heteroatoms. The lowest BCUT2D eigenvalue weighted by Crippen LogP contribution is -2.20. The predicted octanol–water partition coefficient (Wildman–Crippen LogP) is 3.75. The zero-order valence-electron chi connectivity index (χ0n) is 14.4. The number of hydrogen-bond donors (Lipinski definition) is 3. The number of nitrogens with one attached hydrogen (secondary N) is 3. The smallest absolute Gasteiger partial charge is 0.296 e. The van der Waals surface area contributed by atoms with Gasteiger partial charge < -0.3 is 15.5 Å². The third kappa shape index (κ3) is 5.60. The molecule has 3 aromatic rings. The summed E-state index contributed by atoms with van der Waals surface area (Å²) >= 11 is 6.88. The van der Waals surface area contributed by atoms with Gasteiger partial charge in [-0.25, -0.2) is 0 Å². The normalized spacial score (nSPS) is 11.0. The molecule has 1 amide bonds. The second-order valence-corrected chi connectivity index (χ2v) is 6.70. The quantitative estimate of drug-likeness (QED) is 0.382. The molecule has 1 aromatic carbocycles. The van der Waals surface area contributed by atoms with Crippen LogP contribution in [0.15, 0.2) is 60.4 Å². The first-order valence-corrected chi connectivity index (χ1v) is 9.24. The first kappa shape index (κ1) is 19.5. The Kier molecular flexibility index (Phi) is 6.66. The first-order valence-electron chi connectivity index (χ1n) is 8.05. The molecule has 0 spiro atoms. The molecule has 142 valence electrons. The molecule has 3 N–H and O–H groups in total. The van der Waals surface area contributed by atoms with Gasteiger partial charge in [-0.2, -0.15) is 0 Å². The number of para-hydroxylation sites is 1. The van der Waals surface area contributed by atoms with Crippen LogP contribution in [-0.4, -0.2) is 27.3 Å². The average Bonchev–Trinajstić information content (AvgIpc) is 3.15. The van der Waals surface area contributed by atoms with Crippen LogP contribution in [0.25, 0.3) is 0 Å². The van der Waals surface area contributed by atoms with Crippen molar-refractivity contribution in [1.82, 2.24) is 15.2 Å². The molecule has 8 nitrogen and oxygen atoms in total. The van der Waals surface area contributed by atoms with Crippen LogP contribution in [-0.2, 0) is 11.4 Å². The SMILES string of the molecule is N=C/C=C(\Nc1ccccc1)C(=O)Nc1nnc(OCc2ccc(Cl)cn2)s1. The summed E-state index contributed by atoms with van der Waals surface area (Å²) in [5.74, 6) is -0.450. The minimum atomic E-state index is -0.450. The largest absolute Gasteiger partial charge is 0.462 e. The Balaban J connectivity index is 1.59. The van der Waals surface area contributed by atoms with Crippen molar-refractivity contribution in [2.24, 2.45) is 0 Å². The van der Waals surface area contributed by atoms with Crippen LogP contribution in [0.1, 0.15) is 5.69 Å². The summed E-state index contributed by atoms with van der Waals surface area (Å²) in [6.45, 7) is 0.203. The van der Waals surface area contributed by atoms with Gasteiger partial charge in [0.2, 0.25) is 5.13 Å². The van der Waals surface area contributed by atoms with Gasteiger partial charge in [-0.05, 0) is 41.7 Å². The van der Waals surface area contributed by atoms with E-state index in [4.69, 9.17) is 21.7 Å². The second kappa shape index (κ2) is 9.58. The Labute approximate surface area is 169 Å². The molecule has 0 radical (unpaired) electrons. The number of carbonyl (C=O) groups is 1. The van der Waals surface area contributed by atoms with E-state index in [1.165, 1.54) is 12.3 Å². The van der Waals surface area contributed by atoms with Crippen molar-refractivity contribution in [3.05, 3.63) is 71.2 Å². The van der Waals surface area contributed by atoms with Crippen LogP contribution < -0.4 is 15.4 Å². The van der Waals surface area contributed by atoms with E-state index in [0.29, 0.717) is 15.9 Å². The van der Waals surface area contributed by atoms with E-state index in [1.54, 1.807) is 12.1 Å². The van der Waals surface area contributed by atoms with Gasteiger partial charge in [0.25, 0.3) is 11.1 Å². The van der Waals surface area contributed by atoms with Crippen molar-refractivity contribution in [2.45, 2.75) is 6.61 Å². The number of pyridine rings is 1. The van der Waals surface area contributed by atoms with E-state index < -0.39 is 5.91 Å². The maximum absolute atomic E-state index is 12.5. The number of rotatable bonds is 8. The molecule has 0 fully saturated rings. The van der Waals surface area contributed by atoms with Gasteiger partial charge in [0.15, 0.2) is 0 Å². The van der Waals surface area contributed by atoms with Crippen LogP contribution in [0.4, 0.5) is 10.8 Å². The fourth-order valence-electron chi connectivity index (χ4n) is 2.05. The molecule has 3 rings (SSSR count). The molecule has 0 saturated heterocycles. The van der Waals surface area contributed by atoms with Crippen LogP contribution in [0.5, 0.6) is 5.19 Å². The fraction of sp³-hybridized carbons (Fsp3) is 0.0556. The van der Waals surface area contributed by atoms with Crippen LogP contribution in [0, 0.1) is 5.41 Å². The van der Waals surface area contributed by atoms with Gasteiger partial charge in [0.05, 0.1) is 10.7 Å². The van der Waals surface area contributed by atoms with Crippen molar-refractivity contribution in [2.75, 3.05) is 10.6 Å². The highest BCUT2D eigenvalue weighted by atomic mass is 35.5. The number of ether oxygens (including phenoxy) is 1. The molecule has 0 unspecified atom stereocenters. The highest BCUT2D eigenvalue weighted by Gasteiger charge is 2.13. The summed E-state index contributed by atoms with van der Waals surface area (Å²) in [5.41, 5.74) is 1.61. The van der Waals surface area contributed by atoms with Crippen LogP contribution >= 0.6 is 22.9 Å². The monoisotopic (exact) mass is 414 g/mol. The highest BCUT2D eigenvalue weighted by Crippen LogP contribution is 2.23. The second-order valence-electron chi connectivity index (χ2n) is 5.32. The number of carbonyl (C=O) groups excluding carboxylic acids is 1. The number of aromatic nitrogens is 3. The lowest BCUT2D eigenvalue weighted by Gasteiger charge is -2.09. The summed E-state index contributed by atoms with van der Waals surface area (Å²) in [6, 6.07) is 12.6. The molecular weight excluding hydrogens is 400 g/mol. The van der Waals surface area contributed by atoms with Crippen molar-refractivity contribution in [3.63, 3.8) is 0 Å². The minimum Gasteiger partial charge on any atom is -0.462 e. The van der Waals surface area contributed by atoms with Crippen LogP contribution in [0.3, 0.4) is 0 Å². The molecular formula is C18H15ClN6O2S. The fourth-order valence-corrected chi connectivity index (χ4v) is 2.75. The molecule has 0 aliphatic carbocycles. The molecule has 2 heterocycles. The van der Waals surface area contributed by atoms with E-state index in [2.05, 4.69) is 25.8 Å². The van der Waals surface area contributed by atoms with Gasteiger partial charge in [-0.1, -0.05) is 34.9 Å². The number of halogens is 1. The van der Waals surface area contributed by atoms with Crippen molar-refractivity contribution < 1.29 is 9.53 Å². The molecule has 28 heavy (non-hydrogen) atoms. The third-order valence-corrected chi connectivity index (χ3v) is 4.28. The number of nitrogens with zero attached hydrogens (tertiary/aromatic N) is 3. The molecule has 0 saturated carbocycles. The zero-order chi connectivity index (χ0) is 19.8. The highest BCUT2D eigenvalue weighted by molar-refractivity contribution is 7.17. The Morgan fingerprint density at radius 3 is 2.71 bits per heavy atom. The number of benzene rings is 1. The Bertz CT molecular complexity index is 975. The number of allylic oxidation sites excluding steroid dienone is 1. The van der Waals surface area contributed by atoms with E-state index in [0.717, 1.165) is 23.2 Å². The summed E-state index contributed by atoms with van der Waals surface area (Å²) in [6.07, 6.45) is 3.91. The van der Waals surface area contributed by atoms with Gasteiger partial charge in [-0.3, -0.25) is 15.1 Å². The maximum Gasteiger partial charge on any atom is 0.296 e. The van der Waals surface area contributed by atoms with E-state index in [9.17, 15) is 4.79 Å². The number of hydrogen-bond acceptors (Lipinski definition) is 8. The van der Waals surface area contributed by atoms with E-state index >= 15 is 0 Å². The van der Waals surface area contributed by atoms with Gasteiger partial charge in [-0.15, -0.1) is 5.10 Å². The molecule has 0 atom stereocenters. The van der Waals surface area contributed by atoms with Gasteiger partial charge >= 0.3 is 0 Å². The predicted molar refractivity (Wildman–Crippen MR) is 109 cm³/mol. The lowest BCUT2D eigenvalue weighted by molar-refractivity contribution is -0.112. The third-order valence-electron chi connectivity index (χ3n) is 3.31. The standard InChI is InChI=1S/C18H15ClN6O2S/c19-12-6-7-14(21-10-12)11-27-18-25-24-17(28-18)23-16(26)15(8-9-20)22-13-4-2-1-3-5-13/h1-10,20,22H,11H2,(H,23,24,26)/b15-8-,20-9?. The lowest BCUT2D eigenvalue weighted by atomic mass is 10.3. The summed E-state index contributed by atoms with van der Waals surface area (Å²) in [5, 5.41) is 21.7. The van der Waals surface area contributed by atoms with Crippen molar-refractivity contribution >= 4 is 45.9 Å². The number of anilines is 2. The van der Waals surface area contributed by atoms with Crippen LogP contribution in [0.2, 0.25) is 5.02 Å². The van der Waals surface area contributed by atoms with E-state index in [1.807, 2.05) is 30.3 Å². The Morgan fingerprint density at radius 1 is 1.18 bits per heavy atom. The maximum atomic E-state index is 12.5. The molecule has 0 aliphatic heterocycles. The summed E-state index contributed by atoms with van der Waals surface area (Å²) in [4.78, 5) is 16.6. The summed E-state index contributed by atoms with van der Waals surface area (Å²) < 4.78 is 5.52. The zero-order valence-corrected chi connectivity index (χ0v) is 16.0. The van der Waals surface area contributed by atoms with E-state index in [-0.39, 0.29) is 17.4 Å². The molecule has 0 aliphatic rings. The minimum absolute atomic E-state index is 0.198. The van der Waals surface area contributed by atoms with Gasteiger partial charge in [0, 0.05) is 18.1 Å². The van der Waals surface area contributed by atoms with Crippen molar-refractivity contribution in [3.8, 4) is 5.19 Å². The molecule has 0 bridgehead atoms. The summed E-state index contributed by atoms with van der Waals surface area (Å²) in [7, 11) is 0. The Hall–Kier alpha value is -3.30. The topological polar surface area (TPSA) is 113 Å².